The van der Waals surface area contributed by atoms with Crippen LogP contribution in [0.25, 0.3) is 0 Å². The number of carboxylic acids is 1. The minimum Gasteiger partial charge on any atom is -0.478 e. The summed E-state index contributed by atoms with van der Waals surface area (Å²) < 4.78 is 0. The summed E-state index contributed by atoms with van der Waals surface area (Å²) in [6.45, 7) is 0. The number of halogens is 1. The van der Waals surface area contributed by atoms with Crippen LogP contribution in [0.1, 0.15) is 21.5 Å². The van der Waals surface area contributed by atoms with Crippen molar-refractivity contribution in [1.82, 2.24) is 0 Å². The number of hydrogen-bond donors (Lipinski definition) is 2. The Bertz CT molecular complexity index is 631. The lowest BCUT2D eigenvalue weighted by Crippen LogP contribution is -2.06. The Hall–Kier alpha value is -1.65. The van der Waals surface area contributed by atoms with Crippen molar-refractivity contribution >= 4 is 35.0 Å². The topological polar surface area (TPSA) is 63.3 Å². The third-order valence-electron chi connectivity index (χ3n) is 2.87. The molecule has 0 aliphatic rings. The maximum Gasteiger partial charge on any atom is 0.338 e. The molecule has 0 unspecified atom stereocenters. The van der Waals surface area contributed by atoms with Crippen LogP contribution < -0.4 is 5.73 Å². The molecule has 0 atom stereocenters. The summed E-state index contributed by atoms with van der Waals surface area (Å²) in [6, 6.07) is 12.8. The van der Waals surface area contributed by atoms with Crippen molar-refractivity contribution in [3.63, 3.8) is 0 Å². The Morgan fingerprint density at radius 2 is 1.75 bits per heavy atom. The summed E-state index contributed by atoms with van der Waals surface area (Å²) >= 11 is 7.70. The van der Waals surface area contributed by atoms with Crippen LogP contribution in [0.15, 0.2) is 42.5 Å². The van der Waals surface area contributed by atoms with E-state index in [9.17, 15) is 9.90 Å². The van der Waals surface area contributed by atoms with Gasteiger partial charge in [0.1, 0.15) is 0 Å². The van der Waals surface area contributed by atoms with Gasteiger partial charge in [-0.2, -0.15) is 11.8 Å². The van der Waals surface area contributed by atoms with Gasteiger partial charge in [0.05, 0.1) is 5.56 Å². The molecule has 0 aliphatic carbocycles. The summed E-state index contributed by atoms with van der Waals surface area (Å²) in [6.07, 6.45) is 0. The van der Waals surface area contributed by atoms with Crippen molar-refractivity contribution in [2.75, 3.05) is 5.73 Å². The maximum absolute atomic E-state index is 11.2. The number of benzene rings is 2. The fraction of sp³-hybridized carbons (Fsp3) is 0.133. The van der Waals surface area contributed by atoms with Crippen LogP contribution in [0.5, 0.6) is 0 Å². The van der Waals surface area contributed by atoms with E-state index in [-0.39, 0.29) is 5.56 Å². The van der Waals surface area contributed by atoms with Crippen molar-refractivity contribution in [3.8, 4) is 0 Å². The molecule has 2 aromatic rings. The van der Waals surface area contributed by atoms with Gasteiger partial charge in [0.15, 0.2) is 0 Å². The summed E-state index contributed by atoms with van der Waals surface area (Å²) in [5, 5.41) is 9.92. The molecular formula is C15H14ClNO2S. The lowest BCUT2D eigenvalue weighted by atomic mass is 10.1. The zero-order chi connectivity index (χ0) is 14.5. The van der Waals surface area contributed by atoms with Crippen LogP contribution in [0.4, 0.5) is 5.69 Å². The first-order valence-corrected chi connectivity index (χ1v) is 7.54. The quantitative estimate of drug-likeness (QED) is 0.818. The second kappa shape index (κ2) is 6.68. The molecule has 20 heavy (non-hydrogen) atoms. The van der Waals surface area contributed by atoms with Gasteiger partial charge in [0.2, 0.25) is 0 Å². The molecule has 0 spiro atoms. The minimum absolute atomic E-state index is 0.194. The summed E-state index contributed by atoms with van der Waals surface area (Å²) in [5.74, 6) is 0.322. The molecule has 0 amide bonds. The van der Waals surface area contributed by atoms with Crippen LogP contribution >= 0.6 is 23.4 Å². The van der Waals surface area contributed by atoms with Crippen LogP contribution in [-0.2, 0) is 11.5 Å². The molecule has 0 aliphatic heterocycles. The summed E-state index contributed by atoms with van der Waals surface area (Å²) in [7, 11) is 0. The van der Waals surface area contributed by atoms with Gasteiger partial charge in [-0.1, -0.05) is 41.9 Å². The van der Waals surface area contributed by atoms with E-state index in [1.807, 2.05) is 24.3 Å². The second-order valence-corrected chi connectivity index (χ2v) is 5.66. The van der Waals surface area contributed by atoms with E-state index in [1.54, 1.807) is 30.0 Å². The molecule has 3 nitrogen and oxygen atoms in total. The van der Waals surface area contributed by atoms with Gasteiger partial charge < -0.3 is 10.8 Å². The summed E-state index contributed by atoms with van der Waals surface area (Å²) in [5.41, 5.74) is 7.98. The zero-order valence-corrected chi connectivity index (χ0v) is 12.2. The van der Waals surface area contributed by atoms with E-state index in [0.717, 1.165) is 21.9 Å². The molecule has 5 heteroatoms. The minimum atomic E-state index is -0.989. The van der Waals surface area contributed by atoms with Crippen LogP contribution in [-0.4, -0.2) is 11.1 Å². The van der Waals surface area contributed by atoms with Crippen molar-refractivity contribution in [2.24, 2.45) is 0 Å². The standard InChI is InChI=1S/C15H14ClNO2S/c16-12-6-2-1-4-10(12)8-20-9-11-5-3-7-13(17)14(11)15(18)19/h1-7H,8-9,17H2,(H,18,19). The van der Waals surface area contributed by atoms with Crippen LogP contribution in [0.2, 0.25) is 5.02 Å². The highest BCUT2D eigenvalue weighted by atomic mass is 35.5. The van der Waals surface area contributed by atoms with Gasteiger partial charge in [0, 0.05) is 22.2 Å². The van der Waals surface area contributed by atoms with E-state index in [0.29, 0.717) is 11.4 Å². The van der Waals surface area contributed by atoms with Crippen LogP contribution in [0.3, 0.4) is 0 Å². The van der Waals surface area contributed by atoms with Gasteiger partial charge in [-0.05, 0) is 23.3 Å². The van der Waals surface area contributed by atoms with Gasteiger partial charge in [-0.25, -0.2) is 4.79 Å². The molecule has 0 aromatic heterocycles. The molecule has 2 rings (SSSR count). The van der Waals surface area contributed by atoms with Crippen molar-refractivity contribution in [1.29, 1.82) is 0 Å². The zero-order valence-electron chi connectivity index (χ0n) is 10.7. The van der Waals surface area contributed by atoms with Crippen molar-refractivity contribution in [3.05, 3.63) is 64.2 Å². The number of thioether (sulfide) groups is 1. The first-order valence-electron chi connectivity index (χ1n) is 6.01. The highest BCUT2D eigenvalue weighted by Gasteiger charge is 2.13. The first kappa shape index (κ1) is 14.8. The Morgan fingerprint density at radius 3 is 2.45 bits per heavy atom. The molecule has 0 saturated carbocycles. The molecular weight excluding hydrogens is 294 g/mol. The van der Waals surface area contributed by atoms with E-state index in [2.05, 4.69) is 0 Å². The lowest BCUT2D eigenvalue weighted by molar-refractivity contribution is 0.0697. The number of anilines is 1. The van der Waals surface area contributed by atoms with Crippen molar-refractivity contribution in [2.45, 2.75) is 11.5 Å². The second-order valence-electron chi connectivity index (χ2n) is 4.27. The van der Waals surface area contributed by atoms with Gasteiger partial charge >= 0.3 is 5.97 Å². The van der Waals surface area contributed by atoms with E-state index in [4.69, 9.17) is 17.3 Å². The van der Waals surface area contributed by atoms with E-state index >= 15 is 0 Å². The van der Waals surface area contributed by atoms with Gasteiger partial charge in [-0.15, -0.1) is 0 Å². The van der Waals surface area contributed by atoms with E-state index in [1.165, 1.54) is 0 Å². The molecule has 3 N–H and O–H groups in total. The molecule has 2 aromatic carbocycles. The third-order valence-corrected chi connectivity index (χ3v) is 4.27. The highest BCUT2D eigenvalue weighted by molar-refractivity contribution is 7.97. The number of hydrogen-bond acceptors (Lipinski definition) is 3. The van der Waals surface area contributed by atoms with E-state index < -0.39 is 5.97 Å². The van der Waals surface area contributed by atoms with Gasteiger partial charge in [-0.3, -0.25) is 0 Å². The largest absolute Gasteiger partial charge is 0.478 e. The number of rotatable bonds is 5. The number of nitrogen functional groups attached to an aromatic ring is 1. The Morgan fingerprint density at radius 1 is 1.10 bits per heavy atom. The SMILES string of the molecule is Nc1cccc(CSCc2ccccc2Cl)c1C(=O)O. The highest BCUT2D eigenvalue weighted by Crippen LogP contribution is 2.26. The Kier molecular flexibility index (Phi) is 4.93. The first-order chi connectivity index (χ1) is 9.59. The van der Waals surface area contributed by atoms with Crippen LogP contribution in [0, 0.1) is 0 Å². The fourth-order valence-electron chi connectivity index (χ4n) is 1.89. The number of carbonyl (C=O) groups is 1. The number of aromatic carboxylic acids is 1. The molecule has 104 valence electrons. The Balaban J connectivity index is 2.07. The van der Waals surface area contributed by atoms with Gasteiger partial charge in [0.25, 0.3) is 0 Å². The number of carboxylic acid groups (broad SMARTS) is 1. The fourth-order valence-corrected chi connectivity index (χ4v) is 3.20. The Labute approximate surface area is 126 Å². The molecule has 0 heterocycles. The monoisotopic (exact) mass is 307 g/mol. The normalized spacial score (nSPS) is 10.4. The molecule has 0 fully saturated rings. The molecule has 0 saturated heterocycles. The average Bonchev–Trinajstić information content (AvgIpc) is 2.40. The predicted molar refractivity (Wildman–Crippen MR) is 84.3 cm³/mol. The average molecular weight is 308 g/mol. The third kappa shape index (κ3) is 3.46. The number of nitrogens with two attached hydrogens (primary N) is 1. The smallest absolute Gasteiger partial charge is 0.338 e. The van der Waals surface area contributed by atoms with Crippen molar-refractivity contribution < 1.29 is 9.90 Å². The summed E-state index contributed by atoms with van der Waals surface area (Å²) in [4.78, 5) is 11.2. The maximum atomic E-state index is 11.2. The molecule has 0 radical (unpaired) electrons. The lowest BCUT2D eigenvalue weighted by Gasteiger charge is -2.09. The molecule has 0 bridgehead atoms. The predicted octanol–water partition coefficient (Wildman–Crippen LogP) is 4.05.